The van der Waals surface area contributed by atoms with Crippen molar-refractivity contribution < 1.29 is 9.59 Å². The van der Waals surface area contributed by atoms with Gasteiger partial charge in [0.05, 0.1) is 0 Å². The second kappa shape index (κ2) is 6.78. The standard InChI is InChI=1S/C14H25N3O2/c1-12(13(18)16-8-6-7-9-16)15-14(19)17-10-4-2-3-5-11-17/h12H,2-11H2,1H3,(H,15,19). The molecule has 0 saturated carbocycles. The van der Waals surface area contributed by atoms with E-state index in [-0.39, 0.29) is 11.9 Å². The highest BCUT2D eigenvalue weighted by molar-refractivity contribution is 5.86. The van der Waals surface area contributed by atoms with Crippen LogP contribution >= 0.6 is 0 Å². The maximum atomic E-state index is 12.1. The SMILES string of the molecule is CC(NC(=O)N1CCCCCC1)C(=O)N1CCCC1. The molecule has 2 aliphatic rings. The molecule has 0 spiro atoms. The maximum absolute atomic E-state index is 12.1. The van der Waals surface area contributed by atoms with Crippen molar-refractivity contribution >= 4 is 11.9 Å². The topological polar surface area (TPSA) is 52.7 Å². The van der Waals surface area contributed by atoms with Crippen molar-refractivity contribution in [2.75, 3.05) is 26.2 Å². The Bertz CT molecular complexity index is 319. The van der Waals surface area contributed by atoms with Crippen LogP contribution in [-0.4, -0.2) is 54.0 Å². The number of carbonyl (C=O) groups is 2. The predicted octanol–water partition coefficient (Wildman–Crippen LogP) is 1.58. The molecule has 2 fully saturated rings. The van der Waals surface area contributed by atoms with Gasteiger partial charge in [-0.15, -0.1) is 0 Å². The summed E-state index contributed by atoms with van der Waals surface area (Å²) >= 11 is 0. The van der Waals surface area contributed by atoms with Crippen LogP contribution < -0.4 is 5.32 Å². The summed E-state index contributed by atoms with van der Waals surface area (Å²) in [6.07, 6.45) is 6.71. The molecule has 108 valence electrons. The first-order valence-electron chi connectivity index (χ1n) is 7.53. The Balaban J connectivity index is 1.81. The summed E-state index contributed by atoms with van der Waals surface area (Å²) in [6, 6.07) is -0.490. The Hall–Kier alpha value is -1.26. The zero-order chi connectivity index (χ0) is 13.7. The van der Waals surface area contributed by atoms with E-state index in [0.29, 0.717) is 0 Å². The Labute approximate surface area is 115 Å². The van der Waals surface area contributed by atoms with E-state index >= 15 is 0 Å². The van der Waals surface area contributed by atoms with Gasteiger partial charge in [-0.05, 0) is 32.6 Å². The number of nitrogens with one attached hydrogen (secondary N) is 1. The smallest absolute Gasteiger partial charge is 0.318 e. The van der Waals surface area contributed by atoms with Gasteiger partial charge in [0, 0.05) is 26.2 Å². The van der Waals surface area contributed by atoms with Gasteiger partial charge in [0.25, 0.3) is 0 Å². The summed E-state index contributed by atoms with van der Waals surface area (Å²) in [6.45, 7) is 5.09. The average molecular weight is 267 g/mol. The second-order valence-electron chi connectivity index (χ2n) is 5.60. The molecule has 5 heteroatoms. The molecule has 0 aromatic heterocycles. The lowest BCUT2D eigenvalue weighted by Gasteiger charge is -2.25. The quantitative estimate of drug-likeness (QED) is 0.826. The number of hydrogen-bond donors (Lipinski definition) is 1. The van der Waals surface area contributed by atoms with E-state index < -0.39 is 6.04 Å². The van der Waals surface area contributed by atoms with Crippen molar-refractivity contribution in [3.8, 4) is 0 Å². The summed E-state index contributed by atoms with van der Waals surface area (Å²) in [5.41, 5.74) is 0. The minimum Gasteiger partial charge on any atom is -0.341 e. The molecule has 3 amide bonds. The monoisotopic (exact) mass is 267 g/mol. The molecule has 0 aliphatic carbocycles. The first kappa shape index (κ1) is 14.2. The van der Waals surface area contributed by atoms with Gasteiger partial charge in [-0.25, -0.2) is 4.79 Å². The molecule has 5 nitrogen and oxygen atoms in total. The summed E-state index contributed by atoms with van der Waals surface area (Å²) < 4.78 is 0. The van der Waals surface area contributed by atoms with Crippen LogP contribution in [0, 0.1) is 0 Å². The molecule has 0 aromatic carbocycles. The van der Waals surface area contributed by atoms with Crippen LogP contribution in [0.15, 0.2) is 0 Å². The zero-order valence-electron chi connectivity index (χ0n) is 11.9. The Morgan fingerprint density at radius 1 is 0.842 bits per heavy atom. The fraction of sp³-hybridized carbons (Fsp3) is 0.857. The van der Waals surface area contributed by atoms with Gasteiger partial charge in [0.1, 0.15) is 6.04 Å². The molecule has 19 heavy (non-hydrogen) atoms. The molecule has 0 bridgehead atoms. The molecular formula is C14H25N3O2. The van der Waals surface area contributed by atoms with Gasteiger partial charge in [-0.3, -0.25) is 4.79 Å². The number of rotatable bonds is 2. The molecule has 2 heterocycles. The van der Waals surface area contributed by atoms with Crippen molar-refractivity contribution in [2.45, 2.75) is 51.5 Å². The maximum Gasteiger partial charge on any atom is 0.318 e. The van der Waals surface area contributed by atoms with Gasteiger partial charge >= 0.3 is 6.03 Å². The lowest BCUT2D eigenvalue weighted by atomic mass is 10.2. The largest absolute Gasteiger partial charge is 0.341 e. The predicted molar refractivity (Wildman–Crippen MR) is 73.8 cm³/mol. The van der Waals surface area contributed by atoms with Gasteiger partial charge in [0.15, 0.2) is 0 Å². The zero-order valence-corrected chi connectivity index (χ0v) is 11.9. The van der Waals surface area contributed by atoms with Gasteiger partial charge in [-0.2, -0.15) is 0 Å². The third kappa shape index (κ3) is 3.85. The highest BCUT2D eigenvalue weighted by atomic mass is 16.2. The average Bonchev–Trinajstić information content (AvgIpc) is 2.79. The minimum absolute atomic E-state index is 0.0562. The lowest BCUT2D eigenvalue weighted by Crippen LogP contribution is -2.50. The Morgan fingerprint density at radius 3 is 1.89 bits per heavy atom. The van der Waals surface area contributed by atoms with Crippen LogP contribution in [0.25, 0.3) is 0 Å². The van der Waals surface area contributed by atoms with Crippen LogP contribution in [-0.2, 0) is 4.79 Å². The van der Waals surface area contributed by atoms with Crippen LogP contribution in [0.3, 0.4) is 0 Å². The van der Waals surface area contributed by atoms with Crippen LogP contribution in [0.5, 0.6) is 0 Å². The third-order valence-electron chi connectivity index (χ3n) is 4.02. The molecule has 0 radical (unpaired) electrons. The van der Waals surface area contributed by atoms with Crippen molar-refractivity contribution in [1.29, 1.82) is 0 Å². The van der Waals surface area contributed by atoms with Gasteiger partial charge in [-0.1, -0.05) is 12.8 Å². The normalized spacial score (nSPS) is 21.9. The summed E-state index contributed by atoms with van der Waals surface area (Å²) in [4.78, 5) is 28.0. The van der Waals surface area contributed by atoms with Crippen molar-refractivity contribution in [3.63, 3.8) is 0 Å². The highest BCUT2D eigenvalue weighted by Gasteiger charge is 2.26. The third-order valence-corrected chi connectivity index (χ3v) is 4.02. The van der Waals surface area contributed by atoms with Crippen molar-refractivity contribution in [2.24, 2.45) is 0 Å². The van der Waals surface area contributed by atoms with E-state index in [0.717, 1.165) is 51.9 Å². The highest BCUT2D eigenvalue weighted by Crippen LogP contribution is 2.11. The molecule has 1 unspecified atom stereocenters. The van der Waals surface area contributed by atoms with E-state index in [4.69, 9.17) is 0 Å². The molecule has 0 aromatic rings. The number of likely N-dealkylation sites (tertiary alicyclic amines) is 2. The lowest BCUT2D eigenvalue weighted by molar-refractivity contribution is -0.131. The molecule has 1 N–H and O–H groups in total. The fourth-order valence-electron chi connectivity index (χ4n) is 2.82. The van der Waals surface area contributed by atoms with E-state index in [1.807, 2.05) is 9.80 Å². The van der Waals surface area contributed by atoms with Crippen molar-refractivity contribution in [3.05, 3.63) is 0 Å². The molecule has 2 aliphatic heterocycles. The number of urea groups is 1. The first-order valence-corrected chi connectivity index (χ1v) is 7.53. The van der Waals surface area contributed by atoms with E-state index in [2.05, 4.69) is 5.32 Å². The second-order valence-corrected chi connectivity index (χ2v) is 5.60. The van der Waals surface area contributed by atoms with Crippen LogP contribution in [0.2, 0.25) is 0 Å². The number of nitrogens with zero attached hydrogens (tertiary/aromatic N) is 2. The van der Waals surface area contributed by atoms with Crippen LogP contribution in [0.4, 0.5) is 4.79 Å². The van der Waals surface area contributed by atoms with E-state index in [9.17, 15) is 9.59 Å². The molecule has 1 atom stereocenters. The number of carbonyl (C=O) groups excluding carboxylic acids is 2. The molecule has 2 saturated heterocycles. The minimum atomic E-state index is -0.408. The molecular weight excluding hydrogens is 242 g/mol. The summed E-state index contributed by atoms with van der Waals surface area (Å²) in [7, 11) is 0. The first-order chi connectivity index (χ1) is 9.18. The Morgan fingerprint density at radius 2 is 1.32 bits per heavy atom. The van der Waals surface area contributed by atoms with Crippen molar-refractivity contribution in [1.82, 2.24) is 15.1 Å². The van der Waals surface area contributed by atoms with E-state index in [1.54, 1.807) is 6.92 Å². The van der Waals surface area contributed by atoms with Gasteiger partial charge in [0.2, 0.25) is 5.91 Å². The van der Waals surface area contributed by atoms with Crippen LogP contribution in [0.1, 0.15) is 45.4 Å². The summed E-state index contributed by atoms with van der Waals surface area (Å²) in [5, 5.41) is 2.85. The number of hydrogen-bond acceptors (Lipinski definition) is 2. The fourth-order valence-corrected chi connectivity index (χ4v) is 2.82. The van der Waals surface area contributed by atoms with Gasteiger partial charge < -0.3 is 15.1 Å². The summed E-state index contributed by atoms with van der Waals surface area (Å²) in [5.74, 6) is 0.0562. The number of amides is 3. The van der Waals surface area contributed by atoms with E-state index in [1.165, 1.54) is 12.8 Å². The molecule has 2 rings (SSSR count). The Kier molecular flexibility index (Phi) is 5.05.